The fourth-order valence-electron chi connectivity index (χ4n) is 1.23. The molecule has 0 atom stereocenters. The summed E-state index contributed by atoms with van der Waals surface area (Å²) in [5.41, 5.74) is 9.18. The molecule has 0 aliphatic heterocycles. The van der Waals surface area contributed by atoms with E-state index in [9.17, 15) is 0 Å². The lowest BCUT2D eigenvalue weighted by Gasteiger charge is -2.07. The van der Waals surface area contributed by atoms with Crippen LogP contribution in [0.1, 0.15) is 5.56 Å². The Morgan fingerprint density at radius 1 is 1.20 bits per heavy atom. The van der Waals surface area contributed by atoms with Gasteiger partial charge in [0.15, 0.2) is 0 Å². The molecule has 15 heavy (non-hydrogen) atoms. The van der Waals surface area contributed by atoms with Crippen LogP contribution in [0.2, 0.25) is 0 Å². The summed E-state index contributed by atoms with van der Waals surface area (Å²) in [6.45, 7) is 0.437. The van der Waals surface area contributed by atoms with Gasteiger partial charge in [-0.2, -0.15) is 0 Å². The second-order valence-corrected chi connectivity index (χ2v) is 2.93. The number of benzene rings is 1. The lowest BCUT2D eigenvalue weighted by molar-refractivity contribution is 0.393. The third kappa shape index (κ3) is 3.40. The number of rotatable bonds is 5. The fourth-order valence-corrected chi connectivity index (χ4v) is 1.23. The summed E-state index contributed by atoms with van der Waals surface area (Å²) in [4.78, 5) is 2.70. The van der Waals surface area contributed by atoms with Gasteiger partial charge in [-0.3, -0.25) is 0 Å². The first-order chi connectivity index (χ1) is 7.30. The zero-order chi connectivity index (χ0) is 11.1. The summed E-state index contributed by atoms with van der Waals surface area (Å²) >= 11 is 0. The van der Waals surface area contributed by atoms with E-state index in [-0.39, 0.29) is 0 Å². The van der Waals surface area contributed by atoms with Gasteiger partial charge in [0.2, 0.25) is 0 Å². The molecule has 0 spiro atoms. The van der Waals surface area contributed by atoms with Gasteiger partial charge in [-0.25, -0.2) is 0 Å². The van der Waals surface area contributed by atoms with Crippen molar-refractivity contribution < 1.29 is 9.47 Å². The Morgan fingerprint density at radius 3 is 2.27 bits per heavy atom. The highest BCUT2D eigenvalue weighted by Crippen LogP contribution is 2.22. The van der Waals surface area contributed by atoms with Crippen LogP contribution in [0.4, 0.5) is 0 Å². The molecule has 80 valence electrons. The minimum Gasteiger partial charge on any atom is -0.497 e. The zero-order valence-corrected chi connectivity index (χ0v) is 8.80. The van der Waals surface area contributed by atoms with Crippen molar-refractivity contribution in [2.24, 2.45) is 5.11 Å². The summed E-state index contributed by atoms with van der Waals surface area (Å²) in [5, 5.41) is 3.48. The number of hydrogen-bond acceptors (Lipinski definition) is 3. The zero-order valence-electron chi connectivity index (χ0n) is 8.80. The number of ether oxygens (including phenoxy) is 2. The fraction of sp³-hybridized carbons (Fsp3) is 0.400. The summed E-state index contributed by atoms with van der Waals surface area (Å²) in [6.07, 6.45) is 0.678. The Hall–Kier alpha value is -1.87. The second kappa shape index (κ2) is 5.78. The standard InChI is InChI=1S/C10H13N3O2/c1-14-9-5-8(3-4-12-13-11)6-10(7-9)15-2/h5-7H,3-4H2,1-2H3. The van der Waals surface area contributed by atoms with Crippen LogP contribution >= 0.6 is 0 Å². The molecule has 5 nitrogen and oxygen atoms in total. The molecule has 1 rings (SSSR count). The van der Waals surface area contributed by atoms with E-state index in [2.05, 4.69) is 10.0 Å². The van der Waals surface area contributed by atoms with Crippen LogP contribution in [0.5, 0.6) is 11.5 Å². The van der Waals surface area contributed by atoms with Gasteiger partial charge in [0, 0.05) is 17.5 Å². The van der Waals surface area contributed by atoms with Crippen molar-refractivity contribution in [2.45, 2.75) is 6.42 Å². The lowest BCUT2D eigenvalue weighted by atomic mass is 10.1. The SMILES string of the molecule is COc1cc(CCN=[N+]=[N-])cc(OC)c1. The topological polar surface area (TPSA) is 67.2 Å². The second-order valence-electron chi connectivity index (χ2n) is 2.93. The van der Waals surface area contributed by atoms with E-state index in [4.69, 9.17) is 15.0 Å². The van der Waals surface area contributed by atoms with Gasteiger partial charge in [-0.05, 0) is 29.6 Å². The smallest absolute Gasteiger partial charge is 0.122 e. The normalized spacial score (nSPS) is 9.20. The number of azide groups is 1. The van der Waals surface area contributed by atoms with Crippen LogP contribution in [0.25, 0.3) is 10.4 Å². The predicted octanol–water partition coefficient (Wildman–Crippen LogP) is 2.56. The van der Waals surface area contributed by atoms with Crippen molar-refractivity contribution in [1.82, 2.24) is 0 Å². The van der Waals surface area contributed by atoms with E-state index in [0.29, 0.717) is 13.0 Å². The largest absolute Gasteiger partial charge is 0.497 e. The summed E-state index contributed by atoms with van der Waals surface area (Å²) < 4.78 is 10.2. The lowest BCUT2D eigenvalue weighted by Crippen LogP contribution is -1.93. The molecule has 0 radical (unpaired) electrons. The molecule has 1 aromatic rings. The van der Waals surface area contributed by atoms with Crippen LogP contribution in [0.3, 0.4) is 0 Å². The highest BCUT2D eigenvalue weighted by atomic mass is 16.5. The number of methoxy groups -OCH3 is 2. The maximum atomic E-state index is 8.15. The van der Waals surface area contributed by atoms with Gasteiger partial charge >= 0.3 is 0 Å². The van der Waals surface area contributed by atoms with Gasteiger partial charge in [0.05, 0.1) is 14.2 Å². The third-order valence-electron chi connectivity index (χ3n) is 1.97. The van der Waals surface area contributed by atoms with Gasteiger partial charge < -0.3 is 9.47 Å². The molecule has 0 aliphatic carbocycles. The third-order valence-corrected chi connectivity index (χ3v) is 1.97. The summed E-state index contributed by atoms with van der Waals surface area (Å²) in [5.74, 6) is 1.48. The van der Waals surface area contributed by atoms with Gasteiger partial charge in [0.1, 0.15) is 11.5 Å². The van der Waals surface area contributed by atoms with Crippen molar-refractivity contribution >= 4 is 0 Å². The summed E-state index contributed by atoms with van der Waals surface area (Å²) in [6, 6.07) is 5.60. The quantitative estimate of drug-likeness (QED) is 0.423. The molecule has 0 aliphatic rings. The Balaban J connectivity index is 2.81. The average molecular weight is 207 g/mol. The minimum atomic E-state index is 0.437. The molecular weight excluding hydrogens is 194 g/mol. The maximum absolute atomic E-state index is 8.15. The van der Waals surface area contributed by atoms with Crippen molar-refractivity contribution in [3.8, 4) is 11.5 Å². The van der Waals surface area contributed by atoms with E-state index >= 15 is 0 Å². The highest BCUT2D eigenvalue weighted by Gasteiger charge is 2.00. The number of nitrogens with zero attached hydrogens (tertiary/aromatic N) is 3. The van der Waals surface area contributed by atoms with Crippen LogP contribution in [0, 0.1) is 0 Å². The minimum absolute atomic E-state index is 0.437. The first kappa shape index (κ1) is 11.2. The van der Waals surface area contributed by atoms with E-state index in [1.165, 1.54) is 0 Å². The first-order valence-electron chi connectivity index (χ1n) is 4.53. The van der Waals surface area contributed by atoms with E-state index in [1.807, 2.05) is 12.1 Å². The van der Waals surface area contributed by atoms with E-state index in [0.717, 1.165) is 17.1 Å². The Kier molecular flexibility index (Phi) is 4.31. The van der Waals surface area contributed by atoms with E-state index < -0.39 is 0 Å². The molecule has 0 unspecified atom stereocenters. The molecule has 1 aromatic carbocycles. The van der Waals surface area contributed by atoms with Crippen LogP contribution in [0.15, 0.2) is 23.3 Å². The monoisotopic (exact) mass is 207 g/mol. The van der Waals surface area contributed by atoms with Crippen molar-refractivity contribution in [1.29, 1.82) is 0 Å². The van der Waals surface area contributed by atoms with Gasteiger partial charge in [-0.15, -0.1) is 0 Å². The predicted molar refractivity (Wildman–Crippen MR) is 57.3 cm³/mol. The van der Waals surface area contributed by atoms with Gasteiger partial charge in [-0.1, -0.05) is 5.11 Å². The maximum Gasteiger partial charge on any atom is 0.122 e. The highest BCUT2D eigenvalue weighted by molar-refractivity contribution is 5.38. The molecule has 0 saturated carbocycles. The van der Waals surface area contributed by atoms with Crippen molar-refractivity contribution in [2.75, 3.05) is 20.8 Å². The Bertz CT molecular complexity index is 351. The van der Waals surface area contributed by atoms with Crippen LogP contribution in [-0.4, -0.2) is 20.8 Å². The molecule has 0 saturated heterocycles. The summed E-state index contributed by atoms with van der Waals surface area (Å²) in [7, 11) is 3.21. The average Bonchev–Trinajstić information content (AvgIpc) is 2.29. The molecule has 0 N–H and O–H groups in total. The first-order valence-corrected chi connectivity index (χ1v) is 4.53. The van der Waals surface area contributed by atoms with Gasteiger partial charge in [0.25, 0.3) is 0 Å². The molecule has 0 bridgehead atoms. The molecule has 0 heterocycles. The Morgan fingerprint density at radius 2 is 1.80 bits per heavy atom. The molecular formula is C10H13N3O2. The van der Waals surface area contributed by atoms with Crippen LogP contribution in [-0.2, 0) is 6.42 Å². The molecule has 0 amide bonds. The Labute approximate surface area is 88.3 Å². The van der Waals surface area contributed by atoms with Crippen molar-refractivity contribution in [3.05, 3.63) is 34.2 Å². The van der Waals surface area contributed by atoms with Crippen molar-refractivity contribution in [3.63, 3.8) is 0 Å². The number of hydrogen-bond donors (Lipinski definition) is 0. The van der Waals surface area contributed by atoms with E-state index in [1.54, 1.807) is 20.3 Å². The molecule has 0 fully saturated rings. The van der Waals surface area contributed by atoms with Crippen LogP contribution < -0.4 is 9.47 Å². The molecule has 5 heteroatoms. The molecule has 0 aromatic heterocycles.